The Morgan fingerprint density at radius 2 is 1.78 bits per heavy atom. The number of rotatable bonds is 1. The molecule has 0 amide bonds. The molecule has 5 heteroatoms. The van der Waals surface area contributed by atoms with E-state index in [-0.39, 0.29) is 12.1 Å². The van der Waals surface area contributed by atoms with Gasteiger partial charge in [0.1, 0.15) is 6.10 Å². The Morgan fingerprint density at radius 3 is 2.22 bits per heavy atom. The van der Waals surface area contributed by atoms with Crippen LogP contribution >= 0.6 is 0 Å². The van der Waals surface area contributed by atoms with Crippen molar-refractivity contribution in [2.24, 2.45) is 0 Å². The van der Waals surface area contributed by atoms with Gasteiger partial charge in [0, 0.05) is 0 Å². The van der Waals surface area contributed by atoms with E-state index in [2.05, 4.69) is 6.08 Å². The Hall–Kier alpha value is -1.49. The molecule has 0 N–H and O–H groups in total. The Bertz CT molecular complexity index is 466. The largest absolute Gasteiger partial charge is 0.416 e. The highest BCUT2D eigenvalue weighted by atomic mass is 19.4. The Labute approximate surface area is 103 Å². The second-order valence-electron chi connectivity index (χ2n) is 4.54. The maximum atomic E-state index is 12.5. The number of benzene rings is 1. The smallest absolute Gasteiger partial charge is 0.265 e. The zero-order chi connectivity index (χ0) is 12.8. The Balaban J connectivity index is 1.84. The molecule has 1 aromatic rings. The highest BCUT2D eigenvalue weighted by molar-refractivity contribution is 5.48. The summed E-state index contributed by atoms with van der Waals surface area (Å²) in [4.78, 5) is 5.66. The van der Waals surface area contributed by atoms with Crippen molar-refractivity contribution in [2.45, 2.75) is 31.2 Å². The third kappa shape index (κ3) is 1.99. The van der Waals surface area contributed by atoms with Crippen molar-refractivity contribution in [3.05, 3.63) is 42.0 Å². The molecule has 0 spiro atoms. The van der Waals surface area contributed by atoms with Gasteiger partial charge in [-0.3, -0.25) is 4.84 Å². The monoisotopic (exact) mass is 255 g/mol. The standard InChI is InChI=1S/C13H12F3NO/c14-13(15,16)9-1-3-10(4-2-9)17-11-5-7-12(18-17)8-6-11/h1-5,7,11-12H,6,8H2. The zero-order valence-corrected chi connectivity index (χ0v) is 9.52. The average Bonchev–Trinajstić information content (AvgIpc) is 2.39. The maximum absolute atomic E-state index is 12.5. The van der Waals surface area contributed by atoms with E-state index in [4.69, 9.17) is 4.84 Å². The zero-order valence-electron chi connectivity index (χ0n) is 9.52. The van der Waals surface area contributed by atoms with Gasteiger partial charge in [0.2, 0.25) is 0 Å². The van der Waals surface area contributed by atoms with E-state index < -0.39 is 11.7 Å². The van der Waals surface area contributed by atoms with E-state index in [0.717, 1.165) is 25.0 Å². The molecule has 4 rings (SSSR count). The lowest BCUT2D eigenvalue weighted by Crippen LogP contribution is -2.45. The number of anilines is 1. The molecule has 2 unspecified atom stereocenters. The summed E-state index contributed by atoms with van der Waals surface area (Å²) in [6.45, 7) is 0. The lowest BCUT2D eigenvalue weighted by atomic mass is 9.98. The second kappa shape index (κ2) is 4.02. The first-order chi connectivity index (χ1) is 8.54. The van der Waals surface area contributed by atoms with E-state index in [9.17, 15) is 13.2 Å². The summed E-state index contributed by atoms with van der Waals surface area (Å²) in [6, 6.07) is 5.22. The molecule has 2 bridgehead atoms. The molecule has 2 atom stereocenters. The van der Waals surface area contributed by atoms with Crippen LogP contribution in [-0.4, -0.2) is 12.1 Å². The van der Waals surface area contributed by atoms with Crippen LogP contribution in [0.4, 0.5) is 18.9 Å². The third-order valence-electron chi connectivity index (χ3n) is 3.29. The van der Waals surface area contributed by atoms with Gasteiger partial charge in [-0.15, -0.1) is 0 Å². The number of hydrogen-bond acceptors (Lipinski definition) is 2. The van der Waals surface area contributed by atoms with E-state index in [1.807, 2.05) is 6.08 Å². The van der Waals surface area contributed by atoms with Crippen LogP contribution in [0.2, 0.25) is 0 Å². The van der Waals surface area contributed by atoms with Crippen molar-refractivity contribution in [3.8, 4) is 0 Å². The van der Waals surface area contributed by atoms with Crippen LogP contribution in [-0.2, 0) is 11.0 Å². The molecule has 0 saturated carbocycles. The molecular formula is C13H12F3NO. The average molecular weight is 255 g/mol. The normalized spacial score (nSPS) is 26.7. The van der Waals surface area contributed by atoms with Crippen LogP contribution in [0.25, 0.3) is 0 Å². The van der Waals surface area contributed by atoms with Crippen molar-refractivity contribution in [3.63, 3.8) is 0 Å². The molecule has 2 heterocycles. The third-order valence-corrected chi connectivity index (χ3v) is 3.29. The number of alkyl halides is 3. The van der Waals surface area contributed by atoms with E-state index in [0.29, 0.717) is 5.69 Å². The molecule has 1 aliphatic carbocycles. The number of halogens is 3. The van der Waals surface area contributed by atoms with Gasteiger partial charge in [0.25, 0.3) is 0 Å². The van der Waals surface area contributed by atoms with Crippen LogP contribution in [0.15, 0.2) is 36.4 Å². The molecular weight excluding hydrogens is 243 g/mol. The molecule has 2 aliphatic heterocycles. The topological polar surface area (TPSA) is 12.5 Å². The first-order valence-electron chi connectivity index (χ1n) is 5.85. The van der Waals surface area contributed by atoms with Crippen LogP contribution < -0.4 is 5.06 Å². The summed E-state index contributed by atoms with van der Waals surface area (Å²) in [6.07, 6.45) is 1.77. The van der Waals surface area contributed by atoms with Gasteiger partial charge in [-0.1, -0.05) is 12.2 Å². The molecule has 1 aromatic carbocycles. The van der Waals surface area contributed by atoms with Gasteiger partial charge in [-0.25, -0.2) is 5.06 Å². The van der Waals surface area contributed by atoms with Crippen LogP contribution in [0, 0.1) is 0 Å². The van der Waals surface area contributed by atoms with E-state index in [1.54, 1.807) is 5.06 Å². The number of hydrogen-bond donors (Lipinski definition) is 0. The predicted molar refractivity (Wildman–Crippen MR) is 61.0 cm³/mol. The lowest BCUT2D eigenvalue weighted by Gasteiger charge is -2.41. The van der Waals surface area contributed by atoms with Gasteiger partial charge >= 0.3 is 6.18 Å². The van der Waals surface area contributed by atoms with Gasteiger partial charge in [0.05, 0.1) is 17.3 Å². The summed E-state index contributed by atoms with van der Waals surface area (Å²) in [7, 11) is 0. The van der Waals surface area contributed by atoms with Crippen molar-refractivity contribution >= 4 is 5.69 Å². The molecule has 0 radical (unpaired) electrons. The summed E-state index contributed by atoms with van der Waals surface area (Å²) < 4.78 is 37.4. The summed E-state index contributed by atoms with van der Waals surface area (Å²) in [5, 5.41) is 1.70. The summed E-state index contributed by atoms with van der Waals surface area (Å²) >= 11 is 0. The van der Waals surface area contributed by atoms with Gasteiger partial charge in [-0.05, 0) is 37.1 Å². The molecule has 1 saturated heterocycles. The number of fused-ring (bicyclic) bond motifs is 2. The molecule has 0 aromatic heterocycles. The highest BCUT2D eigenvalue weighted by Crippen LogP contribution is 2.34. The first-order valence-corrected chi connectivity index (χ1v) is 5.85. The summed E-state index contributed by atoms with van der Waals surface area (Å²) in [5.74, 6) is 0. The molecule has 2 nitrogen and oxygen atoms in total. The quantitative estimate of drug-likeness (QED) is 0.712. The second-order valence-corrected chi connectivity index (χ2v) is 4.54. The van der Waals surface area contributed by atoms with E-state index >= 15 is 0 Å². The van der Waals surface area contributed by atoms with Gasteiger partial charge < -0.3 is 0 Å². The highest BCUT2D eigenvalue weighted by Gasteiger charge is 2.33. The van der Waals surface area contributed by atoms with Crippen LogP contribution in [0.3, 0.4) is 0 Å². The molecule has 18 heavy (non-hydrogen) atoms. The van der Waals surface area contributed by atoms with Crippen molar-refractivity contribution in [1.29, 1.82) is 0 Å². The van der Waals surface area contributed by atoms with Crippen molar-refractivity contribution in [1.82, 2.24) is 0 Å². The number of nitrogens with zero attached hydrogens (tertiary/aromatic N) is 1. The van der Waals surface area contributed by atoms with Crippen LogP contribution in [0.1, 0.15) is 18.4 Å². The van der Waals surface area contributed by atoms with Gasteiger partial charge in [-0.2, -0.15) is 13.2 Å². The summed E-state index contributed by atoms with van der Waals surface area (Å²) in [5.41, 5.74) is 0.0333. The Morgan fingerprint density at radius 1 is 1.06 bits per heavy atom. The minimum absolute atomic E-state index is 0.0530. The molecule has 3 aliphatic rings. The Kier molecular flexibility index (Phi) is 2.59. The minimum atomic E-state index is -4.29. The van der Waals surface area contributed by atoms with Gasteiger partial charge in [0.15, 0.2) is 0 Å². The maximum Gasteiger partial charge on any atom is 0.416 e. The first kappa shape index (κ1) is 11.6. The molecule has 1 fully saturated rings. The fourth-order valence-electron chi connectivity index (χ4n) is 2.34. The van der Waals surface area contributed by atoms with Crippen molar-refractivity contribution < 1.29 is 18.0 Å². The molecule has 96 valence electrons. The van der Waals surface area contributed by atoms with E-state index in [1.165, 1.54) is 12.1 Å². The fourth-order valence-corrected chi connectivity index (χ4v) is 2.34. The lowest BCUT2D eigenvalue weighted by molar-refractivity contribution is -0.137. The predicted octanol–water partition coefficient (Wildman–Crippen LogP) is 3.54. The fraction of sp³-hybridized carbons (Fsp3) is 0.385. The van der Waals surface area contributed by atoms with Crippen molar-refractivity contribution in [2.75, 3.05) is 5.06 Å². The SMILES string of the molecule is FC(F)(F)c1ccc(N2OC3C=CC2CC3)cc1. The number of hydroxylamine groups is 1. The minimum Gasteiger partial charge on any atom is -0.265 e. The van der Waals surface area contributed by atoms with Crippen LogP contribution in [0.5, 0.6) is 0 Å².